The van der Waals surface area contributed by atoms with Gasteiger partial charge in [-0.05, 0) is 59.5 Å². The molecule has 4 heterocycles. The molecule has 1 aromatic carbocycles. The average molecular weight is 463 g/mol. The lowest BCUT2D eigenvalue weighted by Gasteiger charge is -2.33. The smallest absolute Gasteiger partial charge is 0.338 e. The first-order valence-corrected chi connectivity index (χ1v) is 11.2. The highest BCUT2D eigenvalue weighted by Crippen LogP contribution is 2.29. The summed E-state index contributed by atoms with van der Waals surface area (Å²) in [5.41, 5.74) is 3.67. The predicted octanol–water partition coefficient (Wildman–Crippen LogP) is 0.964. The van der Waals surface area contributed by atoms with Crippen molar-refractivity contribution in [2.24, 2.45) is 0 Å². The van der Waals surface area contributed by atoms with Gasteiger partial charge < -0.3 is 20.1 Å². The zero-order valence-electron chi connectivity index (χ0n) is 18.7. The minimum atomic E-state index is -0.656. The van der Waals surface area contributed by atoms with E-state index in [-0.39, 0.29) is 24.5 Å². The van der Waals surface area contributed by atoms with Gasteiger partial charge in [0.1, 0.15) is 12.9 Å². The second kappa shape index (κ2) is 9.27. The van der Waals surface area contributed by atoms with E-state index < -0.39 is 6.10 Å². The summed E-state index contributed by atoms with van der Waals surface area (Å²) in [6.07, 6.45) is 3.88. The van der Waals surface area contributed by atoms with Crippen LogP contribution in [0.15, 0.2) is 36.8 Å². The first-order chi connectivity index (χ1) is 16.5. The number of hydrogen-bond acceptors (Lipinski definition) is 9. The summed E-state index contributed by atoms with van der Waals surface area (Å²) in [4.78, 5) is 30.8. The van der Waals surface area contributed by atoms with E-state index in [0.717, 1.165) is 42.6 Å². The van der Waals surface area contributed by atoms with Crippen LogP contribution in [0.1, 0.15) is 56.4 Å². The van der Waals surface area contributed by atoms with Crippen molar-refractivity contribution < 1.29 is 19.4 Å². The molecule has 1 atom stereocenters. The molecule has 0 aliphatic carbocycles. The molecule has 1 fully saturated rings. The molecule has 0 saturated carbocycles. The molecule has 0 bridgehead atoms. The summed E-state index contributed by atoms with van der Waals surface area (Å²) < 4.78 is 6.53. The number of ether oxygens (including phenoxy) is 1. The van der Waals surface area contributed by atoms with Gasteiger partial charge in [-0.2, -0.15) is 4.68 Å². The monoisotopic (exact) mass is 463 g/mol. The van der Waals surface area contributed by atoms with E-state index in [1.807, 2.05) is 13.0 Å². The third-order valence-corrected chi connectivity index (χ3v) is 6.51. The molecule has 5 rings (SSSR count). The summed E-state index contributed by atoms with van der Waals surface area (Å²) in [7, 11) is 0. The number of rotatable bonds is 6. The van der Waals surface area contributed by atoms with Gasteiger partial charge in [-0.1, -0.05) is 6.07 Å². The Hall–Kier alpha value is -3.70. The molecule has 34 heavy (non-hydrogen) atoms. The van der Waals surface area contributed by atoms with E-state index in [9.17, 15) is 14.7 Å². The number of aliphatic hydroxyl groups is 1. The summed E-state index contributed by atoms with van der Waals surface area (Å²) in [5.74, 6) is 0.0634. The Morgan fingerprint density at radius 2 is 2.09 bits per heavy atom. The number of cyclic esters (lactones) is 1. The summed E-state index contributed by atoms with van der Waals surface area (Å²) in [6.45, 7) is 4.22. The Kier molecular flexibility index (Phi) is 6.03. The molecule has 1 saturated heterocycles. The first kappa shape index (κ1) is 22.1. The highest BCUT2D eigenvalue weighted by atomic mass is 16.5. The molecule has 0 unspecified atom stereocenters. The fourth-order valence-corrected chi connectivity index (χ4v) is 4.52. The zero-order chi connectivity index (χ0) is 23.7. The van der Waals surface area contributed by atoms with E-state index in [2.05, 4.69) is 30.7 Å². The Morgan fingerprint density at radius 1 is 1.26 bits per heavy atom. The fourth-order valence-electron chi connectivity index (χ4n) is 4.52. The molecule has 0 radical (unpaired) electrons. The Balaban J connectivity index is 1.13. The summed E-state index contributed by atoms with van der Waals surface area (Å²) in [6, 6.07) is 7.00. The van der Waals surface area contributed by atoms with Crippen LogP contribution in [0.3, 0.4) is 0 Å². The topological polar surface area (TPSA) is 135 Å². The summed E-state index contributed by atoms with van der Waals surface area (Å²) in [5, 5.41) is 24.8. The lowest BCUT2D eigenvalue weighted by Crippen LogP contribution is -2.45. The number of nitrogens with zero attached hydrogens (tertiary/aromatic N) is 6. The number of fused-ring (bicyclic) bond motifs is 1. The third-order valence-electron chi connectivity index (χ3n) is 6.51. The van der Waals surface area contributed by atoms with Crippen molar-refractivity contribution in [1.82, 2.24) is 35.4 Å². The molecule has 0 spiro atoms. The molecular weight excluding hydrogens is 438 g/mol. The van der Waals surface area contributed by atoms with Gasteiger partial charge in [0.2, 0.25) is 0 Å². The molecule has 2 aliphatic rings. The van der Waals surface area contributed by atoms with Gasteiger partial charge in [-0.15, -0.1) is 5.10 Å². The van der Waals surface area contributed by atoms with Crippen LogP contribution >= 0.6 is 0 Å². The highest BCUT2D eigenvalue weighted by molar-refractivity contribution is 5.94. The van der Waals surface area contributed by atoms with Crippen molar-refractivity contribution in [3.05, 3.63) is 64.6 Å². The lowest BCUT2D eigenvalue weighted by molar-refractivity contribution is 0.0534. The van der Waals surface area contributed by atoms with Gasteiger partial charge in [-0.3, -0.25) is 4.79 Å². The minimum Gasteiger partial charge on any atom is -0.457 e. The number of nitrogens with one attached hydrogen (secondary N) is 1. The van der Waals surface area contributed by atoms with Crippen LogP contribution < -0.4 is 5.32 Å². The van der Waals surface area contributed by atoms with Crippen LogP contribution in [-0.4, -0.2) is 72.8 Å². The molecule has 2 aliphatic heterocycles. The number of aliphatic hydroxyl groups excluding tert-OH is 1. The fraction of sp³-hybridized carbons (Fsp3) is 0.391. The molecule has 2 aromatic heterocycles. The number of likely N-dealkylation sites (tertiary alicyclic amines) is 1. The van der Waals surface area contributed by atoms with E-state index >= 15 is 0 Å². The van der Waals surface area contributed by atoms with Crippen molar-refractivity contribution in [3.8, 4) is 5.82 Å². The van der Waals surface area contributed by atoms with Crippen LogP contribution in [0.2, 0.25) is 0 Å². The maximum absolute atomic E-state index is 12.6. The van der Waals surface area contributed by atoms with Crippen molar-refractivity contribution in [2.75, 3.05) is 19.6 Å². The number of aromatic nitrogens is 5. The van der Waals surface area contributed by atoms with Crippen molar-refractivity contribution in [2.45, 2.75) is 38.5 Å². The molecule has 11 heteroatoms. The number of carbonyl (C=O) groups is 2. The minimum absolute atomic E-state index is 0.0602. The standard InChI is InChI=1S/C23H25N7O4/c1-14-17(3-4-18-19(14)12-34-23(18)33)20(31)11-29-8-6-16(7-9-29)26-22(32)15-2-5-21(24-10-15)30-13-25-27-28-30/h2-5,10,13,16,20,31H,6-9,11-12H2,1H3,(H,26,32)/t20-/m0/s1. The number of pyridine rings is 1. The number of carbonyl (C=O) groups excluding carboxylic acids is 2. The number of hydrogen-bond donors (Lipinski definition) is 2. The Labute approximate surface area is 195 Å². The molecule has 2 N–H and O–H groups in total. The number of esters is 1. The van der Waals surface area contributed by atoms with E-state index in [0.29, 0.717) is 23.5 Å². The Bertz CT molecular complexity index is 1190. The van der Waals surface area contributed by atoms with E-state index in [1.165, 1.54) is 17.2 Å². The van der Waals surface area contributed by atoms with Gasteiger partial charge >= 0.3 is 5.97 Å². The molecular formula is C23H25N7O4. The Morgan fingerprint density at radius 3 is 2.79 bits per heavy atom. The number of tetrazole rings is 1. The average Bonchev–Trinajstić information content (AvgIpc) is 3.51. The predicted molar refractivity (Wildman–Crippen MR) is 119 cm³/mol. The van der Waals surface area contributed by atoms with Gasteiger partial charge in [0, 0.05) is 37.4 Å². The van der Waals surface area contributed by atoms with E-state index in [4.69, 9.17) is 4.74 Å². The normalized spacial score (nSPS) is 17.3. The van der Waals surface area contributed by atoms with Crippen LogP contribution in [0.25, 0.3) is 5.82 Å². The van der Waals surface area contributed by atoms with Crippen LogP contribution in [-0.2, 0) is 11.3 Å². The number of β-amino-alcohol motifs (C(OH)–C–C–N with tert-alkyl or cyclic N) is 1. The van der Waals surface area contributed by atoms with Crippen molar-refractivity contribution in [3.63, 3.8) is 0 Å². The second-order valence-electron chi connectivity index (χ2n) is 8.61. The summed E-state index contributed by atoms with van der Waals surface area (Å²) >= 11 is 0. The van der Waals surface area contributed by atoms with Crippen LogP contribution in [0, 0.1) is 6.92 Å². The van der Waals surface area contributed by atoms with Gasteiger partial charge in [0.25, 0.3) is 5.91 Å². The van der Waals surface area contributed by atoms with Gasteiger partial charge in [0.15, 0.2) is 5.82 Å². The highest BCUT2D eigenvalue weighted by Gasteiger charge is 2.27. The van der Waals surface area contributed by atoms with Crippen LogP contribution in [0.4, 0.5) is 0 Å². The zero-order valence-corrected chi connectivity index (χ0v) is 18.7. The van der Waals surface area contributed by atoms with Crippen molar-refractivity contribution >= 4 is 11.9 Å². The molecule has 1 amide bonds. The number of amides is 1. The first-order valence-electron chi connectivity index (χ1n) is 11.2. The third kappa shape index (κ3) is 4.39. The quantitative estimate of drug-likeness (QED) is 0.513. The molecule has 176 valence electrons. The second-order valence-corrected chi connectivity index (χ2v) is 8.61. The maximum Gasteiger partial charge on any atom is 0.338 e. The maximum atomic E-state index is 12.6. The lowest BCUT2D eigenvalue weighted by atomic mass is 9.94. The van der Waals surface area contributed by atoms with Crippen molar-refractivity contribution in [1.29, 1.82) is 0 Å². The number of benzene rings is 1. The van der Waals surface area contributed by atoms with Crippen LogP contribution in [0.5, 0.6) is 0 Å². The molecule has 11 nitrogen and oxygen atoms in total. The number of piperidine rings is 1. The largest absolute Gasteiger partial charge is 0.457 e. The van der Waals surface area contributed by atoms with E-state index in [1.54, 1.807) is 18.2 Å². The SMILES string of the molecule is Cc1c([C@@H](O)CN2CCC(NC(=O)c3ccc(-n4cnnn4)nc3)CC2)ccc2c1COC2=O. The van der Waals surface area contributed by atoms with Gasteiger partial charge in [-0.25, -0.2) is 9.78 Å². The van der Waals surface area contributed by atoms with Gasteiger partial charge in [0.05, 0.1) is 17.2 Å². The molecule has 3 aromatic rings.